The van der Waals surface area contributed by atoms with Crippen molar-refractivity contribution in [1.29, 1.82) is 0 Å². The highest BCUT2D eigenvalue weighted by molar-refractivity contribution is 6.32. The second kappa shape index (κ2) is 17.8. The van der Waals surface area contributed by atoms with Crippen LogP contribution in [0.15, 0.2) is 61.1 Å². The topological polar surface area (TPSA) is 196 Å². The van der Waals surface area contributed by atoms with Gasteiger partial charge in [0.15, 0.2) is 0 Å². The summed E-state index contributed by atoms with van der Waals surface area (Å²) < 4.78 is 7.54. The highest BCUT2D eigenvalue weighted by atomic mass is 35.5. The summed E-state index contributed by atoms with van der Waals surface area (Å²) in [7, 11) is 0. The van der Waals surface area contributed by atoms with Gasteiger partial charge in [0, 0.05) is 68.1 Å². The third-order valence-electron chi connectivity index (χ3n) is 8.51. The maximum atomic E-state index is 13.9. The van der Waals surface area contributed by atoms with Crippen LogP contribution in [0.25, 0.3) is 11.1 Å². The molecule has 0 saturated heterocycles. The van der Waals surface area contributed by atoms with Gasteiger partial charge in [0.05, 0.1) is 29.6 Å². The normalized spacial score (nSPS) is 18.9. The zero-order valence-corrected chi connectivity index (χ0v) is 30.1. The Labute approximate surface area is 306 Å². The third kappa shape index (κ3) is 10.2. The molecule has 4 amide bonds. The Morgan fingerprint density at radius 3 is 2.58 bits per heavy atom. The summed E-state index contributed by atoms with van der Waals surface area (Å²) >= 11 is 6.42. The Kier molecular flexibility index (Phi) is 13.0. The number of hydrogen-bond donors (Lipinski definition) is 5. The lowest BCUT2D eigenvalue weighted by Crippen LogP contribution is -2.57. The molecule has 4 heterocycles. The van der Waals surface area contributed by atoms with Gasteiger partial charge >= 0.3 is 0 Å². The molecule has 6 rings (SSSR count). The first kappa shape index (κ1) is 38.0. The minimum Gasteiger partial charge on any atom is -0.492 e. The van der Waals surface area contributed by atoms with E-state index in [9.17, 15) is 24.3 Å². The predicted octanol–water partition coefficient (Wildman–Crippen LogP) is 2.62. The summed E-state index contributed by atoms with van der Waals surface area (Å²) in [4.78, 5) is 55.7. The van der Waals surface area contributed by atoms with Crippen LogP contribution in [0, 0.1) is 5.92 Å². The minimum absolute atomic E-state index is 0.0133. The highest BCUT2D eigenvalue weighted by Gasteiger charge is 2.31. The fourth-order valence-electron chi connectivity index (χ4n) is 5.75. The highest BCUT2D eigenvalue weighted by Crippen LogP contribution is 2.26. The minimum atomic E-state index is -1.36. The molecule has 16 heteroatoms. The van der Waals surface area contributed by atoms with Crippen molar-refractivity contribution < 1.29 is 29.0 Å². The molecule has 52 heavy (non-hydrogen) atoms. The van der Waals surface area contributed by atoms with Gasteiger partial charge in [0.2, 0.25) is 11.8 Å². The van der Waals surface area contributed by atoms with E-state index in [0.29, 0.717) is 49.5 Å². The van der Waals surface area contributed by atoms with Gasteiger partial charge in [-0.25, -0.2) is 0 Å². The number of aryl methyl sites for hydroxylation is 1. The van der Waals surface area contributed by atoms with Crippen LogP contribution in [0.5, 0.6) is 5.75 Å². The number of benzene rings is 2. The first-order valence-electron chi connectivity index (χ1n) is 17.3. The molecule has 2 aromatic carbocycles. The Balaban J connectivity index is 1.39. The van der Waals surface area contributed by atoms with E-state index in [0.717, 1.165) is 11.1 Å². The average molecular weight is 734 g/mol. The molecule has 276 valence electrons. The molecule has 4 bridgehead atoms. The molecule has 0 radical (unpaired) electrons. The average Bonchev–Trinajstić information content (AvgIpc) is 3.83. The number of nitrogens with one attached hydrogen (secondary N) is 4. The zero-order chi connectivity index (χ0) is 37.2. The summed E-state index contributed by atoms with van der Waals surface area (Å²) in [6.45, 7) is 6.57. The first-order chi connectivity index (χ1) is 25.0. The van der Waals surface area contributed by atoms with Crippen molar-refractivity contribution in [3.05, 3.63) is 82.9 Å². The Morgan fingerprint density at radius 1 is 1.02 bits per heavy atom. The van der Waals surface area contributed by atoms with Gasteiger partial charge in [0.1, 0.15) is 17.8 Å². The van der Waals surface area contributed by atoms with E-state index in [-0.39, 0.29) is 41.9 Å². The summed E-state index contributed by atoms with van der Waals surface area (Å²) in [6, 6.07) is 9.38. The van der Waals surface area contributed by atoms with Crippen molar-refractivity contribution >= 4 is 35.2 Å². The van der Waals surface area contributed by atoms with Crippen molar-refractivity contribution in [2.24, 2.45) is 5.92 Å². The van der Waals surface area contributed by atoms with E-state index < -0.39 is 35.9 Å². The van der Waals surface area contributed by atoms with Gasteiger partial charge in [-0.15, -0.1) is 5.10 Å². The molecule has 0 fully saturated rings. The quantitative estimate of drug-likeness (QED) is 0.192. The summed E-state index contributed by atoms with van der Waals surface area (Å²) in [6.07, 6.45) is 5.25. The van der Waals surface area contributed by atoms with Crippen molar-refractivity contribution in [3.8, 4) is 16.9 Å². The third-order valence-corrected chi connectivity index (χ3v) is 8.80. The number of fused-ring (bicyclic) bond motifs is 17. The number of H-pyrrole nitrogens is 1. The molecule has 15 nitrogen and oxygen atoms in total. The van der Waals surface area contributed by atoms with Crippen LogP contribution in [0.4, 0.5) is 0 Å². The fourth-order valence-corrected chi connectivity index (χ4v) is 5.98. The number of aromatic nitrogens is 5. The monoisotopic (exact) mass is 733 g/mol. The largest absolute Gasteiger partial charge is 0.492 e. The summed E-state index contributed by atoms with van der Waals surface area (Å²) in [5, 5.41) is 34.1. The summed E-state index contributed by atoms with van der Waals surface area (Å²) in [5.41, 5.74) is 2.97. The van der Waals surface area contributed by atoms with Crippen molar-refractivity contribution in [2.45, 2.75) is 64.8 Å². The molecule has 2 aromatic heterocycles. The van der Waals surface area contributed by atoms with Gasteiger partial charge in [-0.05, 0) is 55.2 Å². The van der Waals surface area contributed by atoms with E-state index in [1.807, 2.05) is 26.1 Å². The molecule has 0 unspecified atom stereocenters. The smallest absolute Gasteiger partial charge is 0.253 e. The Bertz CT molecular complexity index is 1840. The lowest BCUT2D eigenvalue weighted by atomic mass is 10.0. The SMILES string of the molecule is CC(C)C[C@H]1NC(=O)[C@H]([C@@H](C)O)NC(=O)c2ccc(c(Cl)c2)OCCCn2cc(nn2)CCN(C(=O)c2cccc(-c3cn[nH]c3)c2)CCNC1=O. The van der Waals surface area contributed by atoms with E-state index in [1.54, 1.807) is 46.2 Å². The van der Waals surface area contributed by atoms with Crippen LogP contribution in [0.1, 0.15) is 60.0 Å². The Morgan fingerprint density at radius 2 is 1.85 bits per heavy atom. The molecule has 5 N–H and O–H groups in total. The van der Waals surface area contributed by atoms with Crippen molar-refractivity contribution in [3.63, 3.8) is 0 Å². The lowest BCUT2D eigenvalue weighted by Gasteiger charge is -2.26. The molecule has 3 atom stereocenters. The van der Waals surface area contributed by atoms with Crippen molar-refractivity contribution in [1.82, 2.24) is 46.0 Å². The van der Waals surface area contributed by atoms with E-state index in [2.05, 4.69) is 36.5 Å². The molecular weight excluding hydrogens is 690 g/mol. The van der Waals surface area contributed by atoms with Gasteiger partial charge < -0.3 is 30.7 Å². The lowest BCUT2D eigenvalue weighted by molar-refractivity contribution is -0.131. The van der Waals surface area contributed by atoms with E-state index in [1.165, 1.54) is 19.1 Å². The number of aliphatic hydroxyl groups is 1. The van der Waals surface area contributed by atoms with Gasteiger partial charge in [0.25, 0.3) is 11.8 Å². The van der Waals surface area contributed by atoms with Crippen LogP contribution in [0.2, 0.25) is 5.02 Å². The molecule has 2 aliphatic heterocycles. The number of rotatable bonds is 5. The second-order valence-electron chi connectivity index (χ2n) is 13.1. The first-order valence-corrected chi connectivity index (χ1v) is 17.6. The van der Waals surface area contributed by atoms with Crippen molar-refractivity contribution in [2.75, 3.05) is 26.2 Å². The number of hydrogen-bond acceptors (Lipinski definition) is 9. The zero-order valence-electron chi connectivity index (χ0n) is 29.3. The molecule has 4 aromatic rings. The number of halogens is 1. The number of nitrogens with zero attached hydrogens (tertiary/aromatic N) is 5. The number of carbonyl (C=O) groups excluding carboxylic acids is 4. The van der Waals surface area contributed by atoms with Crippen LogP contribution in [-0.4, -0.2) is 103 Å². The Hall–Kier alpha value is -5.28. The molecule has 0 aliphatic carbocycles. The number of amides is 4. The maximum absolute atomic E-state index is 13.9. The second-order valence-corrected chi connectivity index (χ2v) is 13.5. The summed E-state index contributed by atoms with van der Waals surface area (Å²) in [5.74, 6) is -1.69. The number of aromatic amines is 1. The van der Waals surface area contributed by atoms with Crippen LogP contribution in [-0.2, 0) is 22.6 Å². The van der Waals surface area contributed by atoms with Gasteiger partial charge in [-0.3, -0.25) is 29.0 Å². The van der Waals surface area contributed by atoms with Crippen LogP contribution in [0.3, 0.4) is 0 Å². The van der Waals surface area contributed by atoms with Crippen LogP contribution >= 0.6 is 11.6 Å². The van der Waals surface area contributed by atoms with Gasteiger partial charge in [-0.2, -0.15) is 5.10 Å². The van der Waals surface area contributed by atoms with Gasteiger partial charge in [-0.1, -0.05) is 42.8 Å². The number of aliphatic hydroxyl groups excluding tert-OH is 1. The van der Waals surface area contributed by atoms with E-state index >= 15 is 0 Å². The predicted molar refractivity (Wildman–Crippen MR) is 193 cm³/mol. The maximum Gasteiger partial charge on any atom is 0.253 e. The van der Waals surface area contributed by atoms with E-state index in [4.69, 9.17) is 16.3 Å². The molecule has 0 saturated carbocycles. The molecule has 0 spiro atoms. The number of ether oxygens (including phenoxy) is 1. The fraction of sp³-hybridized carbons (Fsp3) is 0.417. The number of carbonyl (C=O) groups is 4. The molecular formula is C36H44ClN9O6. The van der Waals surface area contributed by atoms with Crippen LogP contribution < -0.4 is 20.7 Å². The molecule has 2 aliphatic rings. The standard InChI is InChI=1S/C36H44ClN9O6/c1-22(2)16-30-34(49)38-11-14-45(36(51)26-7-4-6-24(17-26)27-19-39-40-20-27)13-10-28-21-46(44-43-28)12-5-15-52-31-9-8-25(18-29(31)37)33(48)42-32(23(3)47)35(50)41-30/h4,6-9,17-23,30,32,47H,5,10-16H2,1-3H3,(H,38,49)(H,39,40)(H,41,50)(H,42,48)/t23-,30-,32+/m1/s1.